The van der Waals surface area contributed by atoms with E-state index in [1.807, 2.05) is 6.07 Å². The topological polar surface area (TPSA) is 50.7 Å². The molecule has 2 aromatic rings. The fourth-order valence-electron chi connectivity index (χ4n) is 4.70. The Balaban J connectivity index is 1.86. The first-order chi connectivity index (χ1) is 15.1. The molecule has 2 aromatic carbocycles. The van der Waals surface area contributed by atoms with Gasteiger partial charge in [0.1, 0.15) is 0 Å². The van der Waals surface area contributed by atoms with Crippen LogP contribution in [0.1, 0.15) is 36.6 Å². The van der Waals surface area contributed by atoms with E-state index in [1.165, 1.54) is 7.11 Å². The number of nitrogens with one attached hydrogen (secondary N) is 1. The molecule has 11 heteroatoms. The van der Waals surface area contributed by atoms with Crippen LogP contribution in [0.5, 0.6) is 11.5 Å². The molecule has 180 valence electrons. The molecule has 0 saturated carbocycles. The van der Waals surface area contributed by atoms with Crippen LogP contribution in [0.15, 0.2) is 34.8 Å². The molecule has 0 radical (unpaired) electrons. The molecular weight excluding hydrogens is 520 g/mol. The van der Waals surface area contributed by atoms with Crippen molar-refractivity contribution in [3.63, 3.8) is 0 Å². The van der Waals surface area contributed by atoms with Gasteiger partial charge in [-0.25, -0.2) is 0 Å². The van der Waals surface area contributed by atoms with Gasteiger partial charge in [-0.15, -0.1) is 0 Å². The van der Waals surface area contributed by atoms with Crippen molar-refractivity contribution in [2.75, 3.05) is 19.0 Å². The molecule has 0 aliphatic carbocycles. The summed E-state index contributed by atoms with van der Waals surface area (Å²) in [5.74, 6) is 0.685. The van der Waals surface area contributed by atoms with Gasteiger partial charge in [0.05, 0.1) is 19.8 Å². The van der Waals surface area contributed by atoms with Gasteiger partial charge in [-0.1, -0.05) is 35.8 Å². The Morgan fingerprint density at radius 3 is 2.30 bits per heavy atom. The fraction of sp³-hybridized carbons (Fsp3) is 0.455. The zero-order valence-electron chi connectivity index (χ0n) is 17.7. The second-order valence-corrected chi connectivity index (χ2v) is 9.67. The first-order valence-electron chi connectivity index (χ1n) is 9.90. The maximum atomic E-state index is 13.4. The van der Waals surface area contributed by atoms with Gasteiger partial charge in [-0.3, -0.25) is 0 Å². The molecule has 0 saturated heterocycles. The minimum Gasteiger partial charge on any atom is -0.493 e. The third kappa shape index (κ3) is 3.46. The second kappa shape index (κ2) is 7.43. The number of alkyl halides is 6. The molecular formula is C22H20BrF6NO3. The molecule has 0 fully saturated rings. The highest BCUT2D eigenvalue weighted by Gasteiger charge is 2.71. The lowest BCUT2D eigenvalue weighted by Gasteiger charge is -2.49. The molecule has 33 heavy (non-hydrogen) atoms. The maximum absolute atomic E-state index is 13.4. The maximum Gasteiger partial charge on any atom is 0.430 e. The van der Waals surface area contributed by atoms with E-state index in [0.29, 0.717) is 23.3 Å². The summed E-state index contributed by atoms with van der Waals surface area (Å²) >= 11 is 3.42. The molecule has 0 spiro atoms. The normalized spacial score (nSPS) is 21.8. The van der Waals surface area contributed by atoms with Crippen LogP contribution in [-0.4, -0.2) is 31.2 Å². The van der Waals surface area contributed by atoms with E-state index in [1.54, 1.807) is 19.9 Å². The van der Waals surface area contributed by atoms with E-state index in [0.717, 1.165) is 22.2 Å². The van der Waals surface area contributed by atoms with Gasteiger partial charge < -0.3 is 19.9 Å². The molecule has 4 rings (SSSR count). The van der Waals surface area contributed by atoms with Crippen LogP contribution in [0.25, 0.3) is 0 Å². The molecule has 2 atom stereocenters. The number of ether oxygens (including phenoxy) is 2. The third-order valence-corrected chi connectivity index (χ3v) is 7.06. The lowest BCUT2D eigenvalue weighted by molar-refractivity contribution is -0.376. The summed E-state index contributed by atoms with van der Waals surface area (Å²) in [4.78, 5) is 0. The minimum absolute atomic E-state index is 0.155. The highest BCUT2D eigenvalue weighted by atomic mass is 79.9. The number of fused-ring (bicyclic) bond motifs is 4. The van der Waals surface area contributed by atoms with E-state index in [4.69, 9.17) is 9.47 Å². The highest BCUT2D eigenvalue weighted by molar-refractivity contribution is 9.10. The van der Waals surface area contributed by atoms with Crippen LogP contribution in [0.2, 0.25) is 0 Å². The molecule has 2 heterocycles. The predicted molar refractivity (Wildman–Crippen MR) is 112 cm³/mol. The van der Waals surface area contributed by atoms with Crippen molar-refractivity contribution in [3.05, 3.63) is 51.5 Å². The van der Waals surface area contributed by atoms with E-state index in [2.05, 4.69) is 21.2 Å². The van der Waals surface area contributed by atoms with Gasteiger partial charge in [0.15, 0.2) is 11.5 Å². The van der Waals surface area contributed by atoms with Crippen molar-refractivity contribution >= 4 is 21.6 Å². The van der Waals surface area contributed by atoms with Crippen LogP contribution in [0.3, 0.4) is 0 Å². The summed E-state index contributed by atoms with van der Waals surface area (Å²) < 4.78 is 92.6. The van der Waals surface area contributed by atoms with Gasteiger partial charge >= 0.3 is 12.4 Å². The summed E-state index contributed by atoms with van der Waals surface area (Å²) in [6.07, 6.45) is -11.9. The van der Waals surface area contributed by atoms with Crippen molar-refractivity contribution in [1.29, 1.82) is 0 Å². The average Bonchev–Trinajstić information content (AvgIpc) is 2.70. The van der Waals surface area contributed by atoms with Crippen LogP contribution >= 0.6 is 15.9 Å². The minimum atomic E-state index is -5.95. The van der Waals surface area contributed by atoms with E-state index in [9.17, 15) is 31.4 Å². The van der Waals surface area contributed by atoms with Crippen LogP contribution in [-0.2, 0) is 11.0 Å². The zero-order valence-corrected chi connectivity index (χ0v) is 19.2. The molecule has 0 unspecified atom stereocenters. The number of rotatable bonds is 2. The van der Waals surface area contributed by atoms with E-state index in [-0.39, 0.29) is 24.1 Å². The van der Waals surface area contributed by atoms with Crippen LogP contribution in [0, 0.1) is 5.92 Å². The Morgan fingerprint density at radius 2 is 1.73 bits per heavy atom. The Labute approximate surface area is 194 Å². The first kappa shape index (κ1) is 24.0. The van der Waals surface area contributed by atoms with Gasteiger partial charge in [-0.05, 0) is 29.8 Å². The average molecular weight is 540 g/mol. The number of benzene rings is 2. The summed E-state index contributed by atoms with van der Waals surface area (Å²) in [6.45, 7) is 3.62. The number of halogens is 7. The number of aliphatic hydroxyl groups is 1. The highest BCUT2D eigenvalue weighted by Crippen LogP contribution is 2.56. The zero-order chi connectivity index (χ0) is 24.6. The Morgan fingerprint density at radius 1 is 1.09 bits per heavy atom. The third-order valence-electron chi connectivity index (χ3n) is 6.60. The standard InChI is InChI=1S/C22H20BrF6NO3/c1-19(2)13-6-10(20(31,21(24,25)26)22(27,28)29)4-5-15(13)30-17-12-7-11(23)8-16(32-3)18(12)33-9-14(17)19/h4-8,14,17,30-31H,9H2,1-3H3/t14-,17-/m0/s1. The monoisotopic (exact) mass is 539 g/mol. The van der Waals surface area contributed by atoms with Gasteiger partial charge in [-0.2, -0.15) is 26.3 Å². The number of hydrogen-bond donors (Lipinski definition) is 2. The van der Waals surface area contributed by atoms with Gasteiger partial charge in [0.25, 0.3) is 5.60 Å². The lowest BCUT2D eigenvalue weighted by Crippen LogP contribution is -2.54. The molecule has 2 N–H and O–H groups in total. The van der Waals surface area contributed by atoms with Crippen molar-refractivity contribution in [1.82, 2.24) is 0 Å². The largest absolute Gasteiger partial charge is 0.493 e. The summed E-state index contributed by atoms with van der Waals surface area (Å²) in [5, 5.41) is 13.1. The number of methoxy groups -OCH3 is 1. The molecule has 0 bridgehead atoms. The summed E-state index contributed by atoms with van der Waals surface area (Å²) in [6, 6.07) is 5.83. The Kier molecular flexibility index (Phi) is 5.40. The Hall–Kier alpha value is -2.14. The van der Waals surface area contributed by atoms with Crippen LogP contribution in [0.4, 0.5) is 32.0 Å². The van der Waals surface area contributed by atoms with Gasteiger partial charge in [0.2, 0.25) is 0 Å². The van der Waals surface area contributed by atoms with E-state index >= 15 is 0 Å². The smallest absolute Gasteiger partial charge is 0.430 e. The number of hydrogen-bond acceptors (Lipinski definition) is 4. The molecule has 0 aromatic heterocycles. The SMILES string of the molecule is COc1cc(Br)cc2c1OC[C@H]1[C@H]2Nc2ccc(C(O)(C(F)(F)F)C(F)(F)F)cc2C1(C)C. The van der Waals surface area contributed by atoms with Crippen molar-refractivity contribution < 1.29 is 40.9 Å². The molecule has 0 amide bonds. The second-order valence-electron chi connectivity index (χ2n) is 8.75. The van der Waals surface area contributed by atoms with Gasteiger partial charge in [0, 0.05) is 32.6 Å². The quantitative estimate of drug-likeness (QED) is 0.444. The molecule has 4 nitrogen and oxygen atoms in total. The molecule has 2 aliphatic rings. The lowest BCUT2D eigenvalue weighted by atomic mass is 9.64. The summed E-state index contributed by atoms with van der Waals surface area (Å²) in [7, 11) is 1.50. The number of anilines is 1. The predicted octanol–water partition coefficient (Wildman–Crippen LogP) is 6.22. The van der Waals surface area contributed by atoms with Crippen LogP contribution < -0.4 is 14.8 Å². The summed E-state index contributed by atoms with van der Waals surface area (Å²) in [5.41, 5.74) is -5.81. The van der Waals surface area contributed by atoms with Crippen molar-refractivity contribution in [2.24, 2.45) is 5.92 Å². The first-order valence-corrected chi connectivity index (χ1v) is 10.7. The van der Waals surface area contributed by atoms with Crippen molar-refractivity contribution in [2.45, 2.75) is 43.3 Å². The Bertz CT molecular complexity index is 1080. The molecule has 2 aliphatic heterocycles. The van der Waals surface area contributed by atoms with E-state index < -0.39 is 28.9 Å². The fourth-order valence-corrected chi connectivity index (χ4v) is 5.15. The van der Waals surface area contributed by atoms with Crippen molar-refractivity contribution in [3.8, 4) is 11.5 Å².